The molecule has 2 aliphatic rings. The quantitative estimate of drug-likeness (QED) is 0.887. The van der Waals surface area contributed by atoms with Crippen molar-refractivity contribution in [1.29, 1.82) is 0 Å². The van der Waals surface area contributed by atoms with Crippen LogP contribution >= 0.6 is 0 Å². The molecule has 0 bridgehead atoms. The summed E-state index contributed by atoms with van der Waals surface area (Å²) in [6, 6.07) is 10.0. The molecule has 3 rings (SSSR count). The van der Waals surface area contributed by atoms with E-state index >= 15 is 0 Å². The van der Waals surface area contributed by atoms with E-state index in [1.807, 2.05) is 6.07 Å². The Morgan fingerprint density at radius 2 is 1.82 bits per heavy atom. The molecule has 0 aromatic heterocycles. The number of urea groups is 1. The SMILES string of the molecule is NC(=O)N1CCC(C(=O)NCC2(c3ccccc3)CC2)CC1. The minimum atomic E-state index is -0.389. The first kappa shape index (κ1) is 14.9. The van der Waals surface area contributed by atoms with E-state index in [2.05, 4.69) is 29.6 Å². The molecule has 1 aliphatic carbocycles. The largest absolute Gasteiger partial charge is 0.355 e. The van der Waals surface area contributed by atoms with Crippen molar-refractivity contribution in [2.24, 2.45) is 11.7 Å². The molecule has 0 radical (unpaired) electrons. The summed E-state index contributed by atoms with van der Waals surface area (Å²) in [5.41, 5.74) is 6.73. The lowest BCUT2D eigenvalue weighted by atomic mass is 9.93. The number of carbonyl (C=O) groups is 2. The number of hydrogen-bond acceptors (Lipinski definition) is 2. The highest BCUT2D eigenvalue weighted by Crippen LogP contribution is 2.47. The van der Waals surface area contributed by atoms with Crippen LogP contribution < -0.4 is 11.1 Å². The van der Waals surface area contributed by atoms with Crippen molar-refractivity contribution in [3.8, 4) is 0 Å². The van der Waals surface area contributed by atoms with E-state index in [0.29, 0.717) is 32.5 Å². The first-order chi connectivity index (χ1) is 10.6. The topological polar surface area (TPSA) is 75.4 Å². The third kappa shape index (κ3) is 3.08. The smallest absolute Gasteiger partial charge is 0.314 e. The molecule has 1 saturated heterocycles. The highest BCUT2D eigenvalue weighted by molar-refractivity contribution is 5.79. The van der Waals surface area contributed by atoms with Gasteiger partial charge in [-0.2, -0.15) is 0 Å². The van der Waals surface area contributed by atoms with Crippen molar-refractivity contribution in [2.45, 2.75) is 31.1 Å². The number of benzene rings is 1. The lowest BCUT2D eigenvalue weighted by Gasteiger charge is -2.30. The van der Waals surface area contributed by atoms with Gasteiger partial charge in [-0.05, 0) is 31.2 Å². The molecule has 1 aliphatic heterocycles. The van der Waals surface area contributed by atoms with Crippen molar-refractivity contribution in [2.75, 3.05) is 19.6 Å². The van der Waals surface area contributed by atoms with Crippen LogP contribution in [-0.2, 0) is 10.2 Å². The van der Waals surface area contributed by atoms with Gasteiger partial charge in [-0.1, -0.05) is 30.3 Å². The number of nitrogens with one attached hydrogen (secondary N) is 1. The van der Waals surface area contributed by atoms with Gasteiger partial charge in [0.1, 0.15) is 0 Å². The summed E-state index contributed by atoms with van der Waals surface area (Å²) in [7, 11) is 0. The van der Waals surface area contributed by atoms with Crippen LogP contribution in [0.3, 0.4) is 0 Å². The number of carbonyl (C=O) groups excluding carboxylic acids is 2. The van der Waals surface area contributed by atoms with Gasteiger partial charge in [0, 0.05) is 31.0 Å². The van der Waals surface area contributed by atoms with E-state index in [4.69, 9.17) is 5.73 Å². The molecular formula is C17H23N3O2. The number of primary amides is 1. The van der Waals surface area contributed by atoms with Gasteiger partial charge < -0.3 is 16.0 Å². The molecule has 0 atom stereocenters. The first-order valence-corrected chi connectivity index (χ1v) is 7.98. The number of rotatable bonds is 4. The summed E-state index contributed by atoms with van der Waals surface area (Å²) in [5, 5.41) is 3.12. The average Bonchev–Trinajstić information content (AvgIpc) is 3.35. The zero-order chi connectivity index (χ0) is 15.6. The summed E-state index contributed by atoms with van der Waals surface area (Å²) in [6.45, 7) is 1.88. The molecule has 3 N–H and O–H groups in total. The Labute approximate surface area is 130 Å². The zero-order valence-electron chi connectivity index (χ0n) is 12.8. The van der Waals surface area contributed by atoms with Gasteiger partial charge in [-0.3, -0.25) is 4.79 Å². The second-order valence-corrected chi connectivity index (χ2v) is 6.46. The van der Waals surface area contributed by atoms with E-state index in [9.17, 15) is 9.59 Å². The number of amides is 3. The van der Waals surface area contributed by atoms with Crippen LogP contribution in [0.15, 0.2) is 30.3 Å². The minimum absolute atomic E-state index is 0.00201. The second-order valence-electron chi connectivity index (χ2n) is 6.46. The van der Waals surface area contributed by atoms with Crippen molar-refractivity contribution in [3.63, 3.8) is 0 Å². The predicted octanol–water partition coefficient (Wildman–Crippen LogP) is 1.63. The van der Waals surface area contributed by atoms with Gasteiger partial charge in [-0.25, -0.2) is 4.79 Å². The summed E-state index contributed by atoms with van der Waals surface area (Å²) >= 11 is 0. The Hall–Kier alpha value is -2.04. The maximum atomic E-state index is 12.3. The molecule has 1 aromatic carbocycles. The Morgan fingerprint density at radius 1 is 1.18 bits per heavy atom. The van der Waals surface area contributed by atoms with Gasteiger partial charge in [0.15, 0.2) is 0 Å². The maximum Gasteiger partial charge on any atom is 0.314 e. The van der Waals surface area contributed by atoms with Crippen LogP contribution in [0, 0.1) is 5.92 Å². The van der Waals surface area contributed by atoms with E-state index in [1.54, 1.807) is 4.90 Å². The molecule has 0 unspecified atom stereocenters. The fraction of sp³-hybridized carbons (Fsp3) is 0.529. The molecule has 1 heterocycles. The van der Waals surface area contributed by atoms with Crippen molar-refractivity contribution < 1.29 is 9.59 Å². The molecule has 118 valence electrons. The number of likely N-dealkylation sites (tertiary alicyclic amines) is 1. The van der Waals surface area contributed by atoms with Gasteiger partial charge in [0.2, 0.25) is 5.91 Å². The monoisotopic (exact) mass is 301 g/mol. The third-order valence-corrected chi connectivity index (χ3v) is 5.02. The van der Waals surface area contributed by atoms with Crippen LogP contribution in [0.4, 0.5) is 4.79 Å². The highest BCUT2D eigenvalue weighted by atomic mass is 16.2. The van der Waals surface area contributed by atoms with Crippen LogP contribution in [0.25, 0.3) is 0 Å². The number of hydrogen-bond donors (Lipinski definition) is 2. The summed E-state index contributed by atoms with van der Waals surface area (Å²) in [6.07, 6.45) is 3.68. The number of nitrogens with two attached hydrogens (primary N) is 1. The lowest BCUT2D eigenvalue weighted by Crippen LogP contribution is -2.45. The Morgan fingerprint density at radius 3 is 2.36 bits per heavy atom. The Bertz CT molecular complexity index is 546. The molecule has 2 fully saturated rings. The van der Waals surface area contributed by atoms with Gasteiger partial charge in [0.25, 0.3) is 0 Å². The summed E-state index contributed by atoms with van der Waals surface area (Å²) in [4.78, 5) is 25.0. The van der Waals surface area contributed by atoms with Crippen LogP contribution in [0.5, 0.6) is 0 Å². The third-order valence-electron chi connectivity index (χ3n) is 5.02. The average molecular weight is 301 g/mol. The first-order valence-electron chi connectivity index (χ1n) is 7.98. The standard InChI is InChI=1S/C17H23N3O2/c18-16(22)20-10-6-13(7-11-20)15(21)19-12-17(8-9-17)14-4-2-1-3-5-14/h1-5,13H,6-12H2,(H2,18,22)(H,19,21). The number of nitrogens with zero attached hydrogens (tertiary/aromatic N) is 1. The van der Waals surface area contributed by atoms with Crippen molar-refractivity contribution >= 4 is 11.9 Å². The molecule has 1 aromatic rings. The Balaban J connectivity index is 1.50. The zero-order valence-corrected chi connectivity index (χ0v) is 12.8. The van der Waals surface area contributed by atoms with Crippen molar-refractivity contribution in [3.05, 3.63) is 35.9 Å². The Kier molecular flexibility index (Phi) is 4.05. The highest BCUT2D eigenvalue weighted by Gasteiger charge is 2.44. The molecule has 5 nitrogen and oxygen atoms in total. The molecule has 1 saturated carbocycles. The predicted molar refractivity (Wildman–Crippen MR) is 84.2 cm³/mol. The summed E-state index contributed by atoms with van der Waals surface area (Å²) in [5.74, 6) is 0.119. The van der Waals surface area contributed by atoms with Crippen LogP contribution in [-0.4, -0.2) is 36.5 Å². The molecule has 5 heteroatoms. The fourth-order valence-electron chi connectivity index (χ4n) is 3.27. The second kappa shape index (κ2) is 5.99. The summed E-state index contributed by atoms with van der Waals surface area (Å²) < 4.78 is 0. The number of piperidine rings is 1. The molecule has 0 spiro atoms. The lowest BCUT2D eigenvalue weighted by molar-refractivity contribution is -0.126. The molecule has 22 heavy (non-hydrogen) atoms. The molecule has 3 amide bonds. The van der Waals surface area contributed by atoms with Gasteiger partial charge in [0.05, 0.1) is 0 Å². The van der Waals surface area contributed by atoms with Gasteiger partial charge >= 0.3 is 6.03 Å². The van der Waals surface area contributed by atoms with Gasteiger partial charge in [-0.15, -0.1) is 0 Å². The van der Waals surface area contributed by atoms with E-state index < -0.39 is 0 Å². The van der Waals surface area contributed by atoms with E-state index in [1.165, 1.54) is 5.56 Å². The molecular weight excluding hydrogens is 278 g/mol. The van der Waals surface area contributed by atoms with Crippen LogP contribution in [0.1, 0.15) is 31.2 Å². The minimum Gasteiger partial charge on any atom is -0.355 e. The van der Waals surface area contributed by atoms with Crippen LogP contribution in [0.2, 0.25) is 0 Å². The maximum absolute atomic E-state index is 12.3. The van der Waals surface area contributed by atoms with Crippen molar-refractivity contribution in [1.82, 2.24) is 10.2 Å². The normalized spacial score (nSPS) is 20.5. The fourth-order valence-corrected chi connectivity index (χ4v) is 3.27. The van der Waals surface area contributed by atoms with E-state index in [-0.39, 0.29) is 23.3 Å². The van der Waals surface area contributed by atoms with E-state index in [0.717, 1.165) is 12.8 Å².